The van der Waals surface area contributed by atoms with Crippen LogP contribution >= 0.6 is 11.8 Å². The highest BCUT2D eigenvalue weighted by Gasteiger charge is 2.06. The highest BCUT2D eigenvalue weighted by Crippen LogP contribution is 2.28. The first-order valence-electron chi connectivity index (χ1n) is 5.46. The molecule has 0 atom stereocenters. The molecule has 1 aromatic carbocycles. The van der Waals surface area contributed by atoms with Crippen molar-refractivity contribution in [3.05, 3.63) is 41.7 Å². The van der Waals surface area contributed by atoms with Gasteiger partial charge in [0.15, 0.2) is 0 Å². The quantitative estimate of drug-likeness (QED) is 0.613. The maximum absolute atomic E-state index is 10.8. The molecule has 0 spiro atoms. The van der Waals surface area contributed by atoms with Gasteiger partial charge in [-0.3, -0.25) is 9.48 Å². The van der Waals surface area contributed by atoms with Crippen LogP contribution in [0.2, 0.25) is 0 Å². The Morgan fingerprint density at radius 3 is 2.94 bits per heavy atom. The highest BCUT2D eigenvalue weighted by molar-refractivity contribution is 7.98. The summed E-state index contributed by atoms with van der Waals surface area (Å²) < 4.78 is 7.05. The third-order valence-electron chi connectivity index (χ3n) is 2.52. The fourth-order valence-corrected chi connectivity index (χ4v) is 2.52. The zero-order valence-electron chi connectivity index (χ0n) is 10.3. The van der Waals surface area contributed by atoms with Crippen molar-refractivity contribution < 1.29 is 9.53 Å². The van der Waals surface area contributed by atoms with Crippen LogP contribution in [-0.2, 0) is 12.8 Å². The maximum atomic E-state index is 10.8. The number of hydrogen-bond donors (Lipinski definition) is 0. The minimum atomic E-state index is 0.664. The average Bonchev–Trinajstić information content (AvgIpc) is 2.81. The number of aryl methyl sites for hydroxylation is 1. The second-order valence-corrected chi connectivity index (χ2v) is 4.88. The van der Waals surface area contributed by atoms with Gasteiger partial charge in [0, 0.05) is 35.0 Å². The van der Waals surface area contributed by atoms with Crippen molar-refractivity contribution in [1.82, 2.24) is 9.78 Å². The van der Waals surface area contributed by atoms with Crippen LogP contribution in [0, 0.1) is 0 Å². The van der Waals surface area contributed by atoms with E-state index in [-0.39, 0.29) is 0 Å². The van der Waals surface area contributed by atoms with Gasteiger partial charge in [-0.1, -0.05) is 0 Å². The first-order valence-corrected chi connectivity index (χ1v) is 6.45. The Morgan fingerprint density at radius 2 is 2.33 bits per heavy atom. The van der Waals surface area contributed by atoms with E-state index in [1.807, 2.05) is 31.6 Å². The number of thioether (sulfide) groups is 1. The summed E-state index contributed by atoms with van der Waals surface area (Å²) in [5, 5.41) is 4.11. The van der Waals surface area contributed by atoms with Gasteiger partial charge < -0.3 is 4.74 Å². The standard InChI is InChI=1S/C13H14N2O2S/c1-15-7-12(6-14-15)18-9-11-5-10(8-16)3-4-13(11)17-2/h3-8H,9H2,1-2H3. The average molecular weight is 262 g/mol. The van der Waals surface area contributed by atoms with Crippen LogP contribution in [-0.4, -0.2) is 23.2 Å². The molecule has 4 nitrogen and oxygen atoms in total. The summed E-state index contributed by atoms with van der Waals surface area (Å²) >= 11 is 1.66. The van der Waals surface area contributed by atoms with Gasteiger partial charge in [-0.2, -0.15) is 5.10 Å². The summed E-state index contributed by atoms with van der Waals surface area (Å²) in [5.41, 5.74) is 1.67. The van der Waals surface area contributed by atoms with Gasteiger partial charge in [-0.25, -0.2) is 0 Å². The first kappa shape index (κ1) is 12.7. The van der Waals surface area contributed by atoms with E-state index >= 15 is 0 Å². The second-order valence-electron chi connectivity index (χ2n) is 3.83. The molecule has 0 amide bonds. The Hall–Kier alpha value is -1.75. The molecule has 0 radical (unpaired) electrons. The Kier molecular flexibility index (Phi) is 4.04. The molecule has 0 fully saturated rings. The van der Waals surface area contributed by atoms with Crippen molar-refractivity contribution in [3.63, 3.8) is 0 Å². The number of aromatic nitrogens is 2. The van der Waals surface area contributed by atoms with Gasteiger partial charge in [-0.15, -0.1) is 11.8 Å². The molecule has 0 bridgehead atoms. The van der Waals surface area contributed by atoms with Gasteiger partial charge in [0.05, 0.1) is 13.3 Å². The zero-order valence-corrected chi connectivity index (χ0v) is 11.1. The Balaban J connectivity index is 2.14. The number of carbonyl (C=O) groups excluding carboxylic acids is 1. The van der Waals surface area contributed by atoms with Gasteiger partial charge in [0.25, 0.3) is 0 Å². The summed E-state index contributed by atoms with van der Waals surface area (Å²) in [6.07, 6.45) is 4.62. The Morgan fingerprint density at radius 1 is 1.50 bits per heavy atom. The van der Waals surface area contributed by atoms with Crippen LogP contribution in [0.25, 0.3) is 0 Å². The topological polar surface area (TPSA) is 44.1 Å². The normalized spacial score (nSPS) is 10.3. The molecule has 2 aromatic rings. The molecule has 5 heteroatoms. The number of nitrogens with zero attached hydrogens (tertiary/aromatic N) is 2. The van der Waals surface area contributed by atoms with Crippen LogP contribution in [0.5, 0.6) is 5.75 Å². The third-order valence-corrected chi connectivity index (χ3v) is 3.52. The van der Waals surface area contributed by atoms with Crippen LogP contribution in [0.1, 0.15) is 15.9 Å². The predicted octanol–water partition coefficient (Wildman–Crippen LogP) is 2.53. The van der Waals surface area contributed by atoms with E-state index in [2.05, 4.69) is 5.10 Å². The number of methoxy groups -OCH3 is 1. The zero-order chi connectivity index (χ0) is 13.0. The Bertz CT molecular complexity index is 552. The summed E-state index contributed by atoms with van der Waals surface area (Å²) in [5.74, 6) is 1.55. The Labute approximate surface area is 110 Å². The molecule has 0 saturated heterocycles. The molecule has 1 aromatic heterocycles. The number of carbonyl (C=O) groups is 1. The van der Waals surface area contributed by atoms with Crippen LogP contribution in [0.3, 0.4) is 0 Å². The summed E-state index contributed by atoms with van der Waals surface area (Å²) in [7, 11) is 3.52. The monoisotopic (exact) mass is 262 g/mol. The molecule has 0 aliphatic heterocycles. The molecule has 1 heterocycles. The van der Waals surface area contributed by atoms with Crippen molar-refractivity contribution in [1.29, 1.82) is 0 Å². The molecular weight excluding hydrogens is 248 g/mol. The number of hydrogen-bond acceptors (Lipinski definition) is 4. The minimum absolute atomic E-state index is 0.664. The summed E-state index contributed by atoms with van der Waals surface area (Å²) in [6, 6.07) is 5.43. The first-order chi connectivity index (χ1) is 8.72. The molecular formula is C13H14N2O2S. The largest absolute Gasteiger partial charge is 0.496 e. The predicted molar refractivity (Wildman–Crippen MR) is 71.2 cm³/mol. The lowest BCUT2D eigenvalue weighted by atomic mass is 10.1. The fraction of sp³-hybridized carbons (Fsp3) is 0.231. The molecule has 0 N–H and O–H groups in total. The summed E-state index contributed by atoms with van der Waals surface area (Å²) in [6.45, 7) is 0. The lowest BCUT2D eigenvalue weighted by molar-refractivity contribution is 0.112. The van der Waals surface area contributed by atoms with Crippen molar-refractivity contribution in [2.45, 2.75) is 10.6 Å². The second kappa shape index (κ2) is 5.73. The highest BCUT2D eigenvalue weighted by atomic mass is 32.2. The van der Waals surface area contributed by atoms with Crippen LogP contribution < -0.4 is 4.74 Å². The number of benzene rings is 1. The smallest absolute Gasteiger partial charge is 0.150 e. The van der Waals surface area contributed by atoms with E-state index in [1.165, 1.54) is 0 Å². The molecule has 94 valence electrons. The van der Waals surface area contributed by atoms with Crippen molar-refractivity contribution >= 4 is 18.0 Å². The van der Waals surface area contributed by atoms with Crippen molar-refractivity contribution in [3.8, 4) is 5.75 Å². The van der Waals surface area contributed by atoms with E-state index < -0.39 is 0 Å². The minimum Gasteiger partial charge on any atom is -0.496 e. The lowest BCUT2D eigenvalue weighted by Crippen LogP contribution is -1.92. The summed E-state index contributed by atoms with van der Waals surface area (Å²) in [4.78, 5) is 11.9. The molecule has 0 saturated carbocycles. The van der Waals surface area contributed by atoms with Crippen LogP contribution in [0.15, 0.2) is 35.5 Å². The molecule has 0 unspecified atom stereocenters. The number of rotatable bonds is 5. The maximum Gasteiger partial charge on any atom is 0.150 e. The lowest BCUT2D eigenvalue weighted by Gasteiger charge is -2.08. The van der Waals surface area contributed by atoms with E-state index in [0.717, 1.165) is 28.2 Å². The molecule has 0 aliphatic carbocycles. The third kappa shape index (κ3) is 2.92. The van der Waals surface area contributed by atoms with E-state index in [1.54, 1.807) is 29.6 Å². The molecule has 18 heavy (non-hydrogen) atoms. The fourth-order valence-electron chi connectivity index (χ4n) is 1.62. The number of ether oxygens (including phenoxy) is 1. The van der Waals surface area contributed by atoms with Gasteiger partial charge in [0.2, 0.25) is 0 Å². The van der Waals surface area contributed by atoms with Gasteiger partial charge >= 0.3 is 0 Å². The van der Waals surface area contributed by atoms with E-state index in [0.29, 0.717) is 5.56 Å². The van der Waals surface area contributed by atoms with E-state index in [9.17, 15) is 4.79 Å². The van der Waals surface area contributed by atoms with E-state index in [4.69, 9.17) is 4.74 Å². The van der Waals surface area contributed by atoms with Gasteiger partial charge in [0.1, 0.15) is 12.0 Å². The molecule has 0 aliphatic rings. The SMILES string of the molecule is COc1ccc(C=O)cc1CSc1cnn(C)c1. The molecule has 2 rings (SSSR count). The van der Waals surface area contributed by atoms with Crippen molar-refractivity contribution in [2.75, 3.05) is 7.11 Å². The van der Waals surface area contributed by atoms with Crippen molar-refractivity contribution in [2.24, 2.45) is 7.05 Å². The van der Waals surface area contributed by atoms with Crippen LogP contribution in [0.4, 0.5) is 0 Å². The number of aldehydes is 1. The van der Waals surface area contributed by atoms with Gasteiger partial charge in [-0.05, 0) is 18.2 Å².